The Labute approximate surface area is 148 Å². The molecule has 122 valence electrons. The third kappa shape index (κ3) is 2.69. The second-order valence-electron chi connectivity index (χ2n) is 5.67. The van der Waals surface area contributed by atoms with E-state index in [1.165, 1.54) is 0 Å². The Hall–Kier alpha value is -2.02. The molecule has 0 unspecified atom stereocenters. The lowest BCUT2D eigenvalue weighted by atomic mass is 9.96. The molecule has 1 aromatic carbocycles. The Kier molecular flexibility index (Phi) is 2.25. The third-order valence-electron chi connectivity index (χ3n) is 3.70. The number of thioether (sulfide) groups is 1. The van der Waals surface area contributed by atoms with E-state index >= 15 is 0 Å². The number of amides is 2. The van der Waals surface area contributed by atoms with Crippen LogP contribution in [0.2, 0.25) is 0 Å². The third-order valence-corrected chi connectivity index (χ3v) is 5.27. The molecule has 2 heterocycles. The van der Waals surface area contributed by atoms with Crippen molar-refractivity contribution in [3.8, 4) is 0 Å². The molecule has 7 heteroatoms. The molecule has 2 amide bonds. The van der Waals surface area contributed by atoms with Crippen molar-refractivity contribution in [1.82, 2.24) is 10.2 Å². The van der Waals surface area contributed by atoms with Crippen LogP contribution in [0.3, 0.4) is 0 Å². The van der Waals surface area contributed by atoms with Gasteiger partial charge in [-0.1, -0.05) is 30.2 Å². The van der Waals surface area contributed by atoms with Crippen LogP contribution in [0.1, 0.15) is 29.0 Å². The van der Waals surface area contributed by atoms with Crippen molar-refractivity contribution < 1.29 is 29.1 Å². The minimum atomic E-state index is -3.03. The minimum absolute atomic E-state index is 0.685. The van der Waals surface area contributed by atoms with Crippen molar-refractivity contribution in [2.75, 3.05) is 0 Å². The molecule has 23 heavy (non-hydrogen) atoms. The number of carboxylic acids is 1. The largest absolute Gasteiger partial charge is 0.480 e. The van der Waals surface area contributed by atoms with Crippen molar-refractivity contribution in [3.05, 3.63) is 35.8 Å². The quantitative estimate of drug-likeness (QED) is 0.793. The lowest BCUT2D eigenvalue weighted by Gasteiger charge is -2.43. The first-order valence-electron chi connectivity index (χ1n) is 10.3. The number of rotatable bonds is 4. The molecule has 2 saturated heterocycles. The van der Waals surface area contributed by atoms with E-state index in [0.717, 1.165) is 16.7 Å². The SMILES string of the molecule is [2H]c1c([2H])c([2H])c(C([2H])([2H])C(=O)N[C@@H]2C(=O)N3[C@@H]2SC(C)(C)[C@@H]3C(=O)O)c([2H])c1[2H]. The predicted molar refractivity (Wildman–Crippen MR) is 85.8 cm³/mol. The summed E-state index contributed by atoms with van der Waals surface area (Å²) in [7, 11) is 0. The van der Waals surface area contributed by atoms with Gasteiger partial charge in [-0.25, -0.2) is 4.79 Å². The molecule has 2 N–H and O–H groups in total. The number of carbonyl (C=O) groups excluding carboxylic acids is 2. The summed E-state index contributed by atoms with van der Waals surface area (Å²) in [4.78, 5) is 37.8. The average Bonchev–Trinajstić information content (AvgIpc) is 2.90. The van der Waals surface area contributed by atoms with E-state index in [4.69, 9.17) is 9.60 Å². The Morgan fingerprint density at radius 2 is 2.09 bits per heavy atom. The normalized spacial score (nSPS) is 33.0. The molecule has 0 aromatic heterocycles. The number of aliphatic carboxylic acids is 1. The van der Waals surface area contributed by atoms with E-state index in [1.54, 1.807) is 13.8 Å². The number of nitrogens with zero attached hydrogens (tertiary/aromatic N) is 1. The second-order valence-corrected chi connectivity index (χ2v) is 7.45. The highest BCUT2D eigenvalue weighted by molar-refractivity contribution is 8.01. The van der Waals surface area contributed by atoms with Crippen LogP contribution < -0.4 is 5.32 Å². The Bertz CT molecular complexity index is 958. The highest BCUT2D eigenvalue weighted by Gasteiger charge is 2.64. The Morgan fingerprint density at radius 3 is 2.70 bits per heavy atom. The standard InChI is InChI=1S/C16H18N2O4S/c1-16(2)12(15(21)22)18-13(20)11(14(18)23-16)17-10(19)8-9-6-4-3-5-7-9/h3-7,11-12,14H,8H2,1-2H3,(H,17,19)(H,21,22)/t11-,12+,14-/m1/s1/i3D,4D,5D,6D,7D,8D2. The van der Waals surface area contributed by atoms with Gasteiger partial charge in [0.15, 0.2) is 0 Å². The molecule has 2 aliphatic heterocycles. The summed E-state index contributed by atoms with van der Waals surface area (Å²) in [5.41, 5.74) is -0.836. The molecule has 0 bridgehead atoms. The second kappa shape index (κ2) is 5.56. The van der Waals surface area contributed by atoms with Gasteiger partial charge in [0, 0.05) is 7.49 Å². The fourth-order valence-electron chi connectivity index (χ4n) is 2.75. The number of nitrogens with one attached hydrogen (secondary N) is 1. The molecule has 2 fully saturated rings. The monoisotopic (exact) mass is 341 g/mol. The lowest BCUT2D eigenvalue weighted by molar-refractivity contribution is -0.161. The number of hydrogen-bond donors (Lipinski definition) is 2. The van der Waals surface area contributed by atoms with Crippen LogP contribution in [0.5, 0.6) is 0 Å². The number of hydrogen-bond acceptors (Lipinski definition) is 4. The van der Waals surface area contributed by atoms with Crippen LogP contribution in [0.4, 0.5) is 0 Å². The number of carboxylic acid groups (broad SMARTS) is 1. The van der Waals surface area contributed by atoms with Gasteiger partial charge in [-0.15, -0.1) is 11.8 Å². The van der Waals surface area contributed by atoms with Gasteiger partial charge in [0.1, 0.15) is 17.5 Å². The van der Waals surface area contributed by atoms with Crippen LogP contribution in [-0.2, 0) is 20.8 Å². The first-order valence-corrected chi connectivity index (χ1v) is 7.63. The lowest BCUT2D eigenvalue weighted by Crippen LogP contribution is -2.70. The molecule has 3 atom stereocenters. The van der Waals surface area contributed by atoms with Gasteiger partial charge in [-0.2, -0.15) is 0 Å². The average molecular weight is 341 g/mol. The summed E-state index contributed by atoms with van der Waals surface area (Å²) in [6, 6.07) is -6.30. The zero-order valence-corrected chi connectivity index (χ0v) is 13.1. The number of β-lactam (4-membered cyclic amide) rings is 1. The molecule has 2 aliphatic rings. The number of benzene rings is 1. The Morgan fingerprint density at radius 1 is 1.43 bits per heavy atom. The Balaban J connectivity index is 1.89. The van der Waals surface area contributed by atoms with Crippen molar-refractivity contribution >= 4 is 29.5 Å². The maximum absolute atomic E-state index is 12.7. The molecule has 6 nitrogen and oxygen atoms in total. The topological polar surface area (TPSA) is 86.7 Å². The molecule has 1 aromatic rings. The zero-order chi connectivity index (χ0) is 22.9. The van der Waals surface area contributed by atoms with Gasteiger partial charge in [0.2, 0.25) is 11.8 Å². The van der Waals surface area contributed by atoms with E-state index in [0.29, 0.717) is 0 Å². The van der Waals surface area contributed by atoms with E-state index < -0.39 is 82.1 Å². The summed E-state index contributed by atoms with van der Waals surface area (Å²) >= 11 is 1.16. The summed E-state index contributed by atoms with van der Waals surface area (Å²) < 4.78 is 54.0. The van der Waals surface area contributed by atoms with Crippen LogP contribution in [0.15, 0.2) is 30.2 Å². The minimum Gasteiger partial charge on any atom is -0.480 e. The van der Waals surface area contributed by atoms with Gasteiger partial charge < -0.3 is 15.3 Å². The van der Waals surface area contributed by atoms with Gasteiger partial charge in [-0.3, -0.25) is 9.59 Å². The molecular formula is C16H18N2O4S. The van der Waals surface area contributed by atoms with Crippen molar-refractivity contribution in [1.29, 1.82) is 0 Å². The molecule has 0 saturated carbocycles. The van der Waals surface area contributed by atoms with Crippen LogP contribution in [-0.4, -0.2) is 50.0 Å². The van der Waals surface area contributed by atoms with Crippen molar-refractivity contribution in [3.63, 3.8) is 0 Å². The zero-order valence-electron chi connectivity index (χ0n) is 19.3. The number of fused-ring (bicyclic) bond motifs is 1. The molecule has 0 spiro atoms. The highest BCUT2D eigenvalue weighted by atomic mass is 32.2. The van der Waals surface area contributed by atoms with E-state index in [1.807, 2.05) is 0 Å². The first kappa shape index (κ1) is 9.32. The summed E-state index contributed by atoms with van der Waals surface area (Å²) in [6.45, 7) is 3.29. The highest BCUT2D eigenvalue weighted by Crippen LogP contribution is 2.50. The van der Waals surface area contributed by atoms with E-state index in [2.05, 4.69) is 5.32 Å². The molecule has 0 aliphatic carbocycles. The van der Waals surface area contributed by atoms with E-state index in [-0.39, 0.29) is 0 Å². The van der Waals surface area contributed by atoms with Crippen LogP contribution in [0.25, 0.3) is 0 Å². The van der Waals surface area contributed by atoms with Crippen molar-refractivity contribution in [2.45, 2.75) is 42.4 Å². The summed E-state index contributed by atoms with van der Waals surface area (Å²) in [5.74, 6) is -3.23. The van der Waals surface area contributed by atoms with Crippen LogP contribution in [0, 0.1) is 0 Å². The maximum Gasteiger partial charge on any atom is 0.327 e. The van der Waals surface area contributed by atoms with Crippen LogP contribution >= 0.6 is 11.8 Å². The summed E-state index contributed by atoms with van der Waals surface area (Å²) in [5, 5.41) is 10.9. The smallest absolute Gasteiger partial charge is 0.327 e. The molecular weight excluding hydrogens is 316 g/mol. The fraction of sp³-hybridized carbons (Fsp3) is 0.438. The van der Waals surface area contributed by atoms with Gasteiger partial charge in [0.25, 0.3) is 0 Å². The molecule has 0 radical (unpaired) electrons. The number of carbonyl (C=O) groups is 3. The predicted octanol–water partition coefficient (Wildman–Crippen LogP) is 0.861. The van der Waals surface area contributed by atoms with Gasteiger partial charge in [0.05, 0.1) is 13.2 Å². The van der Waals surface area contributed by atoms with Gasteiger partial charge >= 0.3 is 5.97 Å². The van der Waals surface area contributed by atoms with Gasteiger partial charge in [-0.05, 0) is 19.4 Å². The maximum atomic E-state index is 12.7. The van der Waals surface area contributed by atoms with Crippen molar-refractivity contribution in [2.24, 2.45) is 0 Å². The molecule has 3 rings (SSSR count). The summed E-state index contributed by atoms with van der Waals surface area (Å²) in [6.07, 6.45) is -3.03. The van der Waals surface area contributed by atoms with E-state index in [9.17, 15) is 19.5 Å². The fourth-order valence-corrected chi connectivity index (χ4v) is 4.37. The first-order chi connectivity index (χ1) is 13.6.